The van der Waals surface area contributed by atoms with Crippen LogP contribution in [0.5, 0.6) is 0 Å². The first-order valence-electron chi connectivity index (χ1n) is 6.04. The molecule has 0 aliphatic heterocycles. The van der Waals surface area contributed by atoms with Crippen LogP contribution in [0.3, 0.4) is 0 Å². The summed E-state index contributed by atoms with van der Waals surface area (Å²) in [4.78, 5) is 5.73. The van der Waals surface area contributed by atoms with Crippen LogP contribution in [0.1, 0.15) is 34.1 Å². The molecule has 0 saturated heterocycles. The van der Waals surface area contributed by atoms with Gasteiger partial charge in [0.2, 0.25) is 0 Å². The van der Waals surface area contributed by atoms with E-state index < -0.39 is 0 Å². The molecule has 0 radical (unpaired) electrons. The molecule has 1 atom stereocenters. The van der Waals surface area contributed by atoms with Crippen LogP contribution < -0.4 is 5.32 Å². The van der Waals surface area contributed by atoms with Crippen molar-refractivity contribution in [2.24, 2.45) is 0 Å². The maximum Gasteiger partial charge on any atom is 0.139 e. The average molecular weight is 343 g/mol. The fourth-order valence-electron chi connectivity index (χ4n) is 2.05. The maximum atomic E-state index is 13.6. The zero-order valence-electron chi connectivity index (χ0n) is 11.3. The number of anilines is 1. The first kappa shape index (κ1) is 14.5. The number of rotatable bonds is 3. The Hall–Kier alpha value is -0.940. The smallest absolute Gasteiger partial charge is 0.139 e. The molecule has 1 unspecified atom stereocenters. The number of nitrogens with one attached hydrogen (secondary N) is 1. The van der Waals surface area contributed by atoms with Crippen LogP contribution in [0, 0.1) is 26.6 Å². The van der Waals surface area contributed by atoms with Gasteiger partial charge in [0, 0.05) is 10.6 Å². The fraction of sp³-hybridized carbons (Fsp3) is 0.357. The molecule has 0 fully saturated rings. The molecule has 2 nitrogen and oxygen atoms in total. The summed E-state index contributed by atoms with van der Waals surface area (Å²) < 4.78 is 14.1. The Morgan fingerprint density at radius 1 is 1.32 bits per heavy atom. The maximum absolute atomic E-state index is 13.6. The van der Waals surface area contributed by atoms with Crippen molar-refractivity contribution in [3.05, 3.63) is 43.6 Å². The largest absolute Gasteiger partial charge is 0.377 e. The Balaban J connectivity index is 2.26. The summed E-state index contributed by atoms with van der Waals surface area (Å²) in [5, 5.41) is 4.39. The zero-order chi connectivity index (χ0) is 14.2. The Morgan fingerprint density at radius 3 is 2.58 bits per heavy atom. The number of nitrogens with zero attached hydrogens (tertiary/aromatic N) is 1. The van der Waals surface area contributed by atoms with Gasteiger partial charge < -0.3 is 5.32 Å². The molecule has 1 aromatic heterocycles. The number of hydrogen-bond donors (Lipinski definition) is 1. The highest BCUT2D eigenvalue weighted by Gasteiger charge is 2.14. The van der Waals surface area contributed by atoms with Gasteiger partial charge in [-0.25, -0.2) is 9.37 Å². The second-order valence-electron chi connectivity index (χ2n) is 4.62. The minimum atomic E-state index is -0.258. The second kappa shape index (κ2) is 5.59. The zero-order valence-corrected chi connectivity index (χ0v) is 13.7. The molecule has 2 rings (SSSR count). The third kappa shape index (κ3) is 3.15. The van der Waals surface area contributed by atoms with Gasteiger partial charge in [-0.2, -0.15) is 0 Å². The van der Waals surface area contributed by atoms with E-state index in [-0.39, 0.29) is 11.9 Å². The van der Waals surface area contributed by atoms with Gasteiger partial charge in [-0.05, 0) is 61.3 Å². The lowest BCUT2D eigenvalue weighted by molar-refractivity contribution is 0.620. The fourth-order valence-corrected chi connectivity index (χ4v) is 3.42. The van der Waals surface area contributed by atoms with Gasteiger partial charge >= 0.3 is 0 Å². The third-order valence-corrected chi connectivity index (χ3v) is 4.50. The molecule has 0 bridgehead atoms. The average Bonchev–Trinajstić information content (AvgIpc) is 2.65. The molecule has 0 aliphatic rings. The highest BCUT2D eigenvalue weighted by molar-refractivity contribution is 9.10. The van der Waals surface area contributed by atoms with Crippen molar-refractivity contribution >= 4 is 33.0 Å². The molecule has 0 amide bonds. The van der Waals surface area contributed by atoms with E-state index in [1.165, 1.54) is 10.9 Å². The summed E-state index contributed by atoms with van der Waals surface area (Å²) in [5.41, 5.74) is 2.84. The van der Waals surface area contributed by atoms with Gasteiger partial charge in [0.1, 0.15) is 5.82 Å². The number of thiazole rings is 1. The highest BCUT2D eigenvalue weighted by atomic mass is 79.9. The quantitative estimate of drug-likeness (QED) is 0.834. The molecule has 1 N–H and O–H groups in total. The molecule has 0 aliphatic carbocycles. The van der Waals surface area contributed by atoms with Crippen LogP contribution in [0.2, 0.25) is 0 Å². The molecule has 0 saturated carbocycles. The van der Waals surface area contributed by atoms with Crippen molar-refractivity contribution in [3.8, 4) is 0 Å². The molecule has 19 heavy (non-hydrogen) atoms. The van der Waals surface area contributed by atoms with Crippen molar-refractivity contribution < 1.29 is 4.39 Å². The van der Waals surface area contributed by atoms with Crippen LogP contribution in [-0.4, -0.2) is 4.98 Å². The van der Waals surface area contributed by atoms with E-state index in [1.807, 2.05) is 20.8 Å². The summed E-state index contributed by atoms with van der Waals surface area (Å²) in [6.07, 6.45) is 0. The van der Waals surface area contributed by atoms with Crippen LogP contribution in [0.15, 0.2) is 16.6 Å². The predicted molar refractivity (Wildman–Crippen MR) is 82.5 cm³/mol. The van der Waals surface area contributed by atoms with Crippen molar-refractivity contribution in [2.45, 2.75) is 33.7 Å². The number of benzene rings is 1. The molecule has 1 aromatic carbocycles. The summed E-state index contributed by atoms with van der Waals surface area (Å²) in [7, 11) is 0. The minimum absolute atomic E-state index is 0.0595. The molecule has 1 heterocycles. The van der Waals surface area contributed by atoms with E-state index in [9.17, 15) is 4.39 Å². The second-order valence-corrected chi connectivity index (χ2v) is 6.88. The lowest BCUT2D eigenvalue weighted by Crippen LogP contribution is -2.09. The Morgan fingerprint density at radius 2 is 2.00 bits per heavy atom. The van der Waals surface area contributed by atoms with E-state index in [4.69, 9.17) is 0 Å². The van der Waals surface area contributed by atoms with Gasteiger partial charge in [0.25, 0.3) is 0 Å². The van der Waals surface area contributed by atoms with Crippen molar-refractivity contribution in [1.82, 2.24) is 4.98 Å². The molecule has 102 valence electrons. The Labute approximate surface area is 125 Å². The van der Waals surface area contributed by atoms with Crippen LogP contribution >= 0.6 is 27.3 Å². The summed E-state index contributed by atoms with van der Waals surface area (Å²) >= 11 is 4.88. The van der Waals surface area contributed by atoms with E-state index in [0.29, 0.717) is 4.47 Å². The molecule has 0 spiro atoms. The van der Waals surface area contributed by atoms with Crippen molar-refractivity contribution in [2.75, 3.05) is 5.32 Å². The molecule has 2 aromatic rings. The first-order chi connectivity index (χ1) is 8.88. The Kier molecular flexibility index (Phi) is 4.26. The number of aryl methyl sites for hydroxylation is 3. The Bertz CT molecular complexity index is 610. The predicted octanol–water partition coefficient (Wildman–Crippen LogP) is 5.14. The number of hydrogen-bond acceptors (Lipinski definition) is 3. The monoisotopic (exact) mass is 342 g/mol. The van der Waals surface area contributed by atoms with Gasteiger partial charge in [0.15, 0.2) is 0 Å². The lowest BCUT2D eigenvalue weighted by atomic mass is 10.1. The van der Waals surface area contributed by atoms with Gasteiger partial charge in [0.05, 0.1) is 21.2 Å². The minimum Gasteiger partial charge on any atom is -0.377 e. The highest BCUT2D eigenvalue weighted by Crippen LogP contribution is 2.29. The van der Waals surface area contributed by atoms with Gasteiger partial charge in [-0.15, -0.1) is 11.3 Å². The molecular formula is C14H16BrFN2S. The van der Waals surface area contributed by atoms with Crippen LogP contribution in [0.25, 0.3) is 0 Å². The standard InChI is InChI=1S/C14H16BrFN2S/c1-7-5-11(15)12(16)6-13(7)17-8(2)14-9(3)19-10(4)18-14/h5-6,8,17H,1-4H3. The summed E-state index contributed by atoms with van der Waals surface area (Å²) in [6, 6.07) is 3.36. The van der Waals surface area contributed by atoms with Crippen LogP contribution in [0.4, 0.5) is 10.1 Å². The molecular weight excluding hydrogens is 327 g/mol. The van der Waals surface area contributed by atoms with Crippen LogP contribution in [-0.2, 0) is 0 Å². The van der Waals surface area contributed by atoms with E-state index in [1.54, 1.807) is 17.4 Å². The van der Waals surface area contributed by atoms with E-state index in [0.717, 1.165) is 22.0 Å². The van der Waals surface area contributed by atoms with Gasteiger partial charge in [-0.3, -0.25) is 0 Å². The van der Waals surface area contributed by atoms with Crippen molar-refractivity contribution in [3.63, 3.8) is 0 Å². The number of aromatic nitrogens is 1. The first-order valence-corrected chi connectivity index (χ1v) is 7.65. The summed E-state index contributed by atoms with van der Waals surface area (Å²) in [5.74, 6) is -0.258. The molecule has 5 heteroatoms. The SMILES string of the molecule is Cc1nc(C(C)Nc2cc(F)c(Br)cc2C)c(C)s1. The van der Waals surface area contributed by atoms with Gasteiger partial charge in [-0.1, -0.05) is 0 Å². The lowest BCUT2D eigenvalue weighted by Gasteiger charge is -2.16. The normalized spacial score (nSPS) is 12.5. The third-order valence-electron chi connectivity index (χ3n) is 2.99. The topological polar surface area (TPSA) is 24.9 Å². The van der Waals surface area contributed by atoms with E-state index >= 15 is 0 Å². The van der Waals surface area contributed by atoms with E-state index in [2.05, 4.69) is 33.2 Å². The van der Waals surface area contributed by atoms with Crippen molar-refractivity contribution in [1.29, 1.82) is 0 Å². The summed E-state index contributed by atoms with van der Waals surface area (Å²) in [6.45, 7) is 8.06. The number of halogens is 2.